The third-order valence-corrected chi connectivity index (χ3v) is 3.51. The Morgan fingerprint density at radius 3 is 2.13 bits per heavy atom. The summed E-state index contributed by atoms with van der Waals surface area (Å²) >= 11 is 1.04. The number of nitrogens with one attached hydrogen (secondary N) is 2. The van der Waals surface area contributed by atoms with Crippen molar-refractivity contribution < 1.29 is 9.59 Å². The smallest absolute Gasteiger partial charge is 0.313 e. The molecule has 23 heavy (non-hydrogen) atoms. The minimum absolute atomic E-state index is 0.0432. The molecule has 0 aromatic heterocycles. The molecule has 0 spiro atoms. The zero-order valence-electron chi connectivity index (χ0n) is 14.2. The Morgan fingerprint density at radius 1 is 1.09 bits per heavy atom. The molecule has 0 saturated carbocycles. The molecular weight excluding hydrogens is 310 g/mol. The first-order chi connectivity index (χ1) is 10.5. The molecule has 6 heteroatoms. The standard InChI is InChI=1S/C17H23N3O2S/c1-16(2,3)10-17(4,5)20-15(22)14(21)19-12-6-8-13(9-7-12)23-11-18/h6-9H,10H2,1-5H3,(H,19,21)(H,20,22). The molecule has 0 aliphatic carbocycles. The van der Waals surface area contributed by atoms with Crippen LogP contribution in [0.25, 0.3) is 0 Å². The van der Waals surface area contributed by atoms with E-state index in [2.05, 4.69) is 31.4 Å². The van der Waals surface area contributed by atoms with E-state index < -0.39 is 17.4 Å². The van der Waals surface area contributed by atoms with Crippen molar-refractivity contribution in [3.8, 4) is 5.40 Å². The molecule has 0 aliphatic rings. The van der Waals surface area contributed by atoms with Gasteiger partial charge < -0.3 is 10.6 Å². The van der Waals surface area contributed by atoms with E-state index in [1.165, 1.54) is 0 Å². The van der Waals surface area contributed by atoms with Crippen LogP contribution in [0.1, 0.15) is 41.0 Å². The van der Waals surface area contributed by atoms with Gasteiger partial charge in [0.05, 0.1) is 0 Å². The van der Waals surface area contributed by atoms with Crippen LogP contribution in [0.15, 0.2) is 29.2 Å². The number of nitriles is 1. The maximum atomic E-state index is 12.0. The molecule has 5 nitrogen and oxygen atoms in total. The van der Waals surface area contributed by atoms with Crippen LogP contribution in [0.2, 0.25) is 0 Å². The molecule has 0 aliphatic heterocycles. The highest BCUT2D eigenvalue weighted by atomic mass is 32.2. The molecule has 0 atom stereocenters. The van der Waals surface area contributed by atoms with E-state index in [9.17, 15) is 9.59 Å². The lowest BCUT2D eigenvalue weighted by atomic mass is 9.82. The molecule has 0 radical (unpaired) electrons. The van der Waals surface area contributed by atoms with Crippen molar-refractivity contribution in [2.45, 2.75) is 51.5 Å². The van der Waals surface area contributed by atoms with E-state index in [1.54, 1.807) is 24.3 Å². The van der Waals surface area contributed by atoms with Gasteiger partial charge in [-0.3, -0.25) is 9.59 Å². The number of amides is 2. The summed E-state index contributed by atoms with van der Waals surface area (Å²) in [5.74, 6) is -1.36. The van der Waals surface area contributed by atoms with Crippen molar-refractivity contribution in [1.29, 1.82) is 5.26 Å². The number of nitrogens with zero attached hydrogens (tertiary/aromatic N) is 1. The maximum absolute atomic E-state index is 12.0. The van der Waals surface area contributed by atoms with E-state index in [0.717, 1.165) is 23.1 Å². The van der Waals surface area contributed by atoms with Gasteiger partial charge in [0, 0.05) is 16.1 Å². The highest BCUT2D eigenvalue weighted by molar-refractivity contribution is 8.03. The average Bonchev–Trinajstić information content (AvgIpc) is 2.37. The Hall–Kier alpha value is -2.00. The highest BCUT2D eigenvalue weighted by Gasteiger charge is 2.29. The number of rotatable bonds is 4. The van der Waals surface area contributed by atoms with Crippen LogP contribution < -0.4 is 10.6 Å². The number of hydrogen-bond donors (Lipinski definition) is 2. The van der Waals surface area contributed by atoms with E-state index in [4.69, 9.17) is 5.26 Å². The fraction of sp³-hybridized carbons (Fsp3) is 0.471. The van der Waals surface area contributed by atoms with Crippen molar-refractivity contribution in [3.63, 3.8) is 0 Å². The Kier molecular flexibility index (Phi) is 6.22. The lowest BCUT2D eigenvalue weighted by Crippen LogP contribution is -2.49. The van der Waals surface area contributed by atoms with Crippen molar-refractivity contribution in [2.75, 3.05) is 5.32 Å². The fourth-order valence-corrected chi connectivity index (χ4v) is 2.96. The van der Waals surface area contributed by atoms with Gasteiger partial charge in [0.1, 0.15) is 5.40 Å². The number of thioether (sulfide) groups is 1. The minimum Gasteiger partial charge on any atom is -0.343 e. The normalized spacial score (nSPS) is 11.5. The maximum Gasteiger partial charge on any atom is 0.313 e. The SMILES string of the molecule is CC(C)(C)CC(C)(C)NC(=O)C(=O)Nc1ccc(SC#N)cc1. The first-order valence-electron chi connectivity index (χ1n) is 7.32. The van der Waals surface area contributed by atoms with Crippen molar-refractivity contribution >= 4 is 29.3 Å². The van der Waals surface area contributed by atoms with Gasteiger partial charge >= 0.3 is 11.8 Å². The summed E-state index contributed by atoms with van der Waals surface area (Å²) in [7, 11) is 0. The molecule has 0 saturated heterocycles. The molecule has 1 aromatic carbocycles. The van der Waals surface area contributed by atoms with Crippen molar-refractivity contribution in [3.05, 3.63) is 24.3 Å². The lowest BCUT2D eigenvalue weighted by Gasteiger charge is -2.33. The third-order valence-electron chi connectivity index (χ3n) is 2.91. The Balaban J connectivity index is 2.63. The molecular formula is C17H23N3O2S. The zero-order chi connectivity index (χ0) is 17.7. The number of thiocyanates is 1. The van der Waals surface area contributed by atoms with Crippen molar-refractivity contribution in [2.24, 2.45) is 5.41 Å². The number of carbonyl (C=O) groups is 2. The van der Waals surface area contributed by atoms with E-state index in [0.29, 0.717) is 5.69 Å². The summed E-state index contributed by atoms with van der Waals surface area (Å²) in [6.45, 7) is 10.1. The molecule has 2 N–H and O–H groups in total. The number of carbonyl (C=O) groups excluding carboxylic acids is 2. The third kappa shape index (κ3) is 7.20. The summed E-state index contributed by atoms with van der Waals surface area (Å²) in [4.78, 5) is 24.8. The minimum atomic E-state index is -0.701. The van der Waals surface area contributed by atoms with Gasteiger partial charge in [0.25, 0.3) is 0 Å². The van der Waals surface area contributed by atoms with Crippen LogP contribution in [0.3, 0.4) is 0 Å². The Morgan fingerprint density at radius 2 is 1.65 bits per heavy atom. The fourth-order valence-electron chi connectivity index (χ4n) is 2.58. The van der Waals surface area contributed by atoms with Gasteiger partial charge in [-0.2, -0.15) is 5.26 Å². The molecule has 1 aromatic rings. The summed E-state index contributed by atoms with van der Waals surface area (Å²) in [5, 5.41) is 15.9. The first-order valence-corrected chi connectivity index (χ1v) is 8.14. The van der Waals surface area contributed by atoms with Gasteiger partial charge in [-0.25, -0.2) is 0 Å². The highest BCUT2D eigenvalue weighted by Crippen LogP contribution is 2.26. The van der Waals surface area contributed by atoms with E-state index in [1.807, 2.05) is 19.2 Å². The quantitative estimate of drug-likeness (QED) is 0.502. The number of benzene rings is 1. The largest absolute Gasteiger partial charge is 0.343 e. The molecule has 0 unspecified atom stereocenters. The number of hydrogen-bond acceptors (Lipinski definition) is 4. The predicted molar refractivity (Wildman–Crippen MR) is 92.8 cm³/mol. The molecule has 0 heterocycles. The Labute approximate surface area is 141 Å². The van der Waals surface area contributed by atoms with Crippen LogP contribution >= 0.6 is 11.8 Å². The Bertz CT molecular complexity index is 610. The van der Waals surface area contributed by atoms with Crippen LogP contribution in [0.5, 0.6) is 0 Å². The number of anilines is 1. The summed E-state index contributed by atoms with van der Waals surface area (Å²) in [5.41, 5.74) is 0.0858. The zero-order valence-corrected chi connectivity index (χ0v) is 15.0. The van der Waals surface area contributed by atoms with E-state index in [-0.39, 0.29) is 5.41 Å². The molecule has 0 bridgehead atoms. The molecule has 2 amide bonds. The molecule has 0 fully saturated rings. The second-order valence-electron chi connectivity index (χ2n) is 7.25. The topological polar surface area (TPSA) is 82.0 Å². The van der Waals surface area contributed by atoms with Crippen LogP contribution in [0, 0.1) is 16.1 Å². The monoisotopic (exact) mass is 333 g/mol. The van der Waals surface area contributed by atoms with Gasteiger partial charge in [-0.15, -0.1) is 0 Å². The van der Waals surface area contributed by atoms with Crippen LogP contribution in [-0.4, -0.2) is 17.4 Å². The van der Waals surface area contributed by atoms with Crippen LogP contribution in [0.4, 0.5) is 5.69 Å². The van der Waals surface area contributed by atoms with E-state index >= 15 is 0 Å². The van der Waals surface area contributed by atoms with Crippen LogP contribution in [-0.2, 0) is 9.59 Å². The summed E-state index contributed by atoms with van der Waals surface area (Å²) in [6.07, 6.45) is 0.749. The lowest BCUT2D eigenvalue weighted by molar-refractivity contribution is -0.137. The summed E-state index contributed by atoms with van der Waals surface area (Å²) in [6, 6.07) is 6.74. The van der Waals surface area contributed by atoms with Gasteiger partial charge in [-0.05, 0) is 61.7 Å². The molecule has 124 valence electrons. The second-order valence-corrected chi connectivity index (χ2v) is 8.11. The predicted octanol–water partition coefficient (Wildman–Crippen LogP) is 3.53. The average molecular weight is 333 g/mol. The first kappa shape index (κ1) is 19.0. The molecule has 1 rings (SSSR count). The summed E-state index contributed by atoms with van der Waals surface area (Å²) < 4.78 is 0. The van der Waals surface area contributed by atoms with Gasteiger partial charge in [0.2, 0.25) is 0 Å². The van der Waals surface area contributed by atoms with Crippen molar-refractivity contribution in [1.82, 2.24) is 5.32 Å². The van der Waals surface area contributed by atoms with Gasteiger partial charge in [-0.1, -0.05) is 20.8 Å². The second kappa shape index (κ2) is 7.51. The van der Waals surface area contributed by atoms with Gasteiger partial charge in [0.15, 0.2) is 0 Å².